The average molecular weight is 409 g/mol. The maximum absolute atomic E-state index is 12.9. The molecule has 1 N–H and O–H groups in total. The summed E-state index contributed by atoms with van der Waals surface area (Å²) < 4.78 is 6.85. The van der Waals surface area contributed by atoms with Crippen LogP contribution in [-0.4, -0.2) is 27.8 Å². The first-order valence-corrected chi connectivity index (χ1v) is 9.72. The molecule has 1 aromatic heterocycles. The molecule has 0 fully saturated rings. The van der Waals surface area contributed by atoms with Crippen molar-refractivity contribution in [2.45, 2.75) is 25.8 Å². The zero-order chi connectivity index (χ0) is 20.5. The van der Waals surface area contributed by atoms with Gasteiger partial charge in [-0.1, -0.05) is 61.8 Å². The first kappa shape index (κ1) is 19.2. The Labute approximate surface area is 174 Å². The summed E-state index contributed by atoms with van der Waals surface area (Å²) in [5, 5.41) is 8.21. The molecule has 7 heteroatoms. The van der Waals surface area contributed by atoms with Crippen LogP contribution in [0.15, 0.2) is 60.4 Å². The molecule has 0 unspecified atom stereocenters. The highest BCUT2D eigenvalue weighted by Gasteiger charge is 2.36. The van der Waals surface area contributed by atoms with E-state index in [1.165, 1.54) is 19.0 Å². The lowest BCUT2D eigenvalue weighted by Gasteiger charge is -2.29. The number of halogens is 1. The van der Waals surface area contributed by atoms with Crippen molar-refractivity contribution in [1.29, 1.82) is 0 Å². The van der Waals surface area contributed by atoms with Gasteiger partial charge in [0.05, 0.1) is 18.4 Å². The van der Waals surface area contributed by atoms with Crippen molar-refractivity contribution < 1.29 is 9.53 Å². The van der Waals surface area contributed by atoms with Gasteiger partial charge in [-0.25, -0.2) is 9.48 Å². The fraction of sp³-hybridized carbons (Fsp3) is 0.227. The molecule has 29 heavy (non-hydrogen) atoms. The lowest BCUT2D eigenvalue weighted by Crippen LogP contribution is -2.29. The number of esters is 1. The van der Waals surface area contributed by atoms with Gasteiger partial charge in [-0.2, -0.15) is 10.1 Å². The molecule has 0 bridgehead atoms. The van der Waals surface area contributed by atoms with Gasteiger partial charge in [-0.15, -0.1) is 0 Å². The highest BCUT2D eigenvalue weighted by molar-refractivity contribution is 6.30. The van der Waals surface area contributed by atoms with E-state index in [0.29, 0.717) is 28.2 Å². The molecule has 0 saturated heterocycles. The quantitative estimate of drug-likeness (QED) is 0.636. The molecule has 0 radical (unpaired) electrons. The van der Waals surface area contributed by atoms with Gasteiger partial charge in [0.1, 0.15) is 12.4 Å². The number of carbonyl (C=O) groups excluding carboxylic acids is 1. The van der Waals surface area contributed by atoms with Crippen LogP contribution in [0.4, 0.5) is 5.95 Å². The molecule has 0 amide bonds. The number of rotatable bonds is 4. The minimum absolute atomic E-state index is 0.416. The van der Waals surface area contributed by atoms with Crippen LogP contribution in [0.25, 0.3) is 5.70 Å². The number of nitrogens with zero attached hydrogens (tertiary/aromatic N) is 3. The van der Waals surface area contributed by atoms with Crippen molar-refractivity contribution in [3.8, 4) is 0 Å². The molecule has 0 saturated carbocycles. The maximum atomic E-state index is 12.9. The molecule has 148 valence electrons. The number of benzene rings is 2. The number of hydrogen-bond donors (Lipinski definition) is 1. The number of fused-ring (bicyclic) bond motifs is 1. The predicted molar refractivity (Wildman–Crippen MR) is 113 cm³/mol. The smallest absolute Gasteiger partial charge is 0.338 e. The summed E-state index contributed by atoms with van der Waals surface area (Å²) in [5.41, 5.74) is 4.06. The van der Waals surface area contributed by atoms with Crippen LogP contribution in [0.1, 0.15) is 42.5 Å². The molecule has 2 heterocycles. The van der Waals surface area contributed by atoms with Gasteiger partial charge in [0, 0.05) is 5.02 Å². The number of carbonyl (C=O) groups is 1. The summed E-state index contributed by atoms with van der Waals surface area (Å²) in [6, 6.07) is 15.0. The Kier molecular flexibility index (Phi) is 5.11. The normalized spacial score (nSPS) is 15.8. The van der Waals surface area contributed by atoms with Crippen LogP contribution < -0.4 is 5.32 Å². The fourth-order valence-corrected chi connectivity index (χ4v) is 3.63. The zero-order valence-electron chi connectivity index (χ0n) is 16.4. The van der Waals surface area contributed by atoms with Crippen molar-refractivity contribution >= 4 is 29.2 Å². The minimum atomic E-state index is -0.465. The van der Waals surface area contributed by atoms with Crippen LogP contribution in [-0.2, 0) is 9.53 Å². The third-order valence-electron chi connectivity index (χ3n) is 5.05. The second-order valence-corrected chi connectivity index (χ2v) is 7.60. The second kappa shape index (κ2) is 7.72. The van der Waals surface area contributed by atoms with Crippen molar-refractivity contribution in [3.63, 3.8) is 0 Å². The monoisotopic (exact) mass is 408 g/mol. The Morgan fingerprint density at radius 1 is 1.14 bits per heavy atom. The zero-order valence-corrected chi connectivity index (χ0v) is 17.1. The Morgan fingerprint density at radius 2 is 1.83 bits per heavy atom. The highest BCUT2D eigenvalue weighted by atomic mass is 35.5. The third-order valence-corrected chi connectivity index (χ3v) is 5.31. The Balaban J connectivity index is 1.92. The van der Waals surface area contributed by atoms with Gasteiger partial charge >= 0.3 is 5.97 Å². The van der Waals surface area contributed by atoms with Crippen molar-refractivity contribution in [2.24, 2.45) is 0 Å². The molecule has 3 aromatic rings. The van der Waals surface area contributed by atoms with E-state index >= 15 is 0 Å². The molecular formula is C22H21ClN4O2. The van der Waals surface area contributed by atoms with Gasteiger partial charge in [-0.05, 0) is 34.7 Å². The van der Waals surface area contributed by atoms with E-state index in [2.05, 4.69) is 41.4 Å². The van der Waals surface area contributed by atoms with Crippen LogP contribution in [0, 0.1) is 0 Å². The number of aromatic nitrogens is 3. The Morgan fingerprint density at radius 3 is 2.45 bits per heavy atom. The van der Waals surface area contributed by atoms with Gasteiger partial charge in [-0.3, -0.25) is 0 Å². The number of hydrogen-bond acceptors (Lipinski definition) is 5. The van der Waals surface area contributed by atoms with E-state index in [1.807, 2.05) is 24.3 Å². The third kappa shape index (κ3) is 3.51. The molecule has 0 spiro atoms. The Bertz CT molecular complexity index is 1070. The fourth-order valence-electron chi connectivity index (χ4n) is 3.51. The summed E-state index contributed by atoms with van der Waals surface area (Å²) in [4.78, 5) is 17.2. The van der Waals surface area contributed by atoms with Crippen molar-refractivity contribution in [3.05, 3.63) is 82.1 Å². The minimum Gasteiger partial charge on any atom is -0.466 e. The van der Waals surface area contributed by atoms with E-state index in [-0.39, 0.29) is 0 Å². The number of anilines is 1. The standard InChI is InChI=1S/C22H21ClN4O2/c1-13(2)14-4-6-16(7-5-14)20-18(21(28)29-3)19(15-8-10-17(23)11-9-15)26-22-24-12-25-27(20)22/h4-13,20H,1-3H3,(H,24,25,26)/t20-/m0/s1. The summed E-state index contributed by atoms with van der Waals surface area (Å²) in [7, 11) is 1.38. The number of ether oxygens (including phenoxy) is 1. The summed E-state index contributed by atoms with van der Waals surface area (Å²) >= 11 is 6.05. The molecule has 1 aliphatic heterocycles. The maximum Gasteiger partial charge on any atom is 0.338 e. The molecule has 4 rings (SSSR count). The average Bonchev–Trinajstić information content (AvgIpc) is 3.21. The van der Waals surface area contributed by atoms with E-state index in [0.717, 1.165) is 11.1 Å². The molecule has 6 nitrogen and oxygen atoms in total. The van der Waals surface area contributed by atoms with Crippen LogP contribution in [0.5, 0.6) is 0 Å². The summed E-state index contributed by atoms with van der Waals surface area (Å²) in [5.74, 6) is 0.543. The first-order valence-electron chi connectivity index (χ1n) is 9.34. The van der Waals surface area contributed by atoms with E-state index in [4.69, 9.17) is 16.3 Å². The Hall–Kier alpha value is -3.12. The summed E-state index contributed by atoms with van der Waals surface area (Å²) in [6.45, 7) is 4.29. The molecule has 1 aliphatic rings. The highest BCUT2D eigenvalue weighted by Crippen LogP contribution is 2.39. The molecule has 0 aliphatic carbocycles. The lowest BCUT2D eigenvalue weighted by atomic mass is 9.91. The topological polar surface area (TPSA) is 69.0 Å². The second-order valence-electron chi connectivity index (χ2n) is 7.16. The van der Waals surface area contributed by atoms with Gasteiger partial charge in [0.25, 0.3) is 0 Å². The van der Waals surface area contributed by atoms with E-state index in [1.54, 1.807) is 16.8 Å². The van der Waals surface area contributed by atoms with Crippen LogP contribution >= 0.6 is 11.6 Å². The van der Waals surface area contributed by atoms with Crippen LogP contribution in [0.2, 0.25) is 5.02 Å². The SMILES string of the molecule is COC(=O)C1=C(c2ccc(Cl)cc2)Nc2ncnn2[C@H]1c1ccc(C(C)C)cc1. The number of methoxy groups -OCH3 is 1. The van der Waals surface area contributed by atoms with E-state index < -0.39 is 12.0 Å². The van der Waals surface area contributed by atoms with Gasteiger partial charge in [0.2, 0.25) is 5.95 Å². The van der Waals surface area contributed by atoms with Gasteiger partial charge < -0.3 is 10.1 Å². The summed E-state index contributed by atoms with van der Waals surface area (Å²) in [6.07, 6.45) is 1.47. The first-order chi connectivity index (χ1) is 14.0. The predicted octanol–water partition coefficient (Wildman–Crippen LogP) is 4.65. The van der Waals surface area contributed by atoms with Crippen molar-refractivity contribution in [1.82, 2.24) is 14.8 Å². The molecule has 1 atom stereocenters. The molecule has 2 aromatic carbocycles. The van der Waals surface area contributed by atoms with Gasteiger partial charge in [0.15, 0.2) is 0 Å². The van der Waals surface area contributed by atoms with Crippen molar-refractivity contribution in [2.75, 3.05) is 12.4 Å². The van der Waals surface area contributed by atoms with Crippen LogP contribution in [0.3, 0.4) is 0 Å². The largest absolute Gasteiger partial charge is 0.466 e. The van der Waals surface area contributed by atoms with E-state index in [9.17, 15) is 4.79 Å². The molecular weight excluding hydrogens is 388 g/mol. The number of nitrogens with one attached hydrogen (secondary N) is 1. The lowest BCUT2D eigenvalue weighted by molar-refractivity contribution is -0.136.